The molecule has 0 spiro atoms. The lowest BCUT2D eigenvalue weighted by Gasteiger charge is -2.35. The summed E-state index contributed by atoms with van der Waals surface area (Å²) in [4.78, 5) is 34.3. The lowest BCUT2D eigenvalue weighted by molar-refractivity contribution is -0.384. The van der Waals surface area contributed by atoms with Crippen molar-refractivity contribution in [3.63, 3.8) is 0 Å². The van der Waals surface area contributed by atoms with Gasteiger partial charge in [0.1, 0.15) is 0 Å². The molecule has 0 bridgehead atoms. The highest BCUT2D eigenvalue weighted by Gasteiger charge is 2.25. The zero-order chi connectivity index (χ0) is 16.9. The molecule has 1 rings (SSSR count). The molecule has 0 aliphatic heterocycles. The summed E-state index contributed by atoms with van der Waals surface area (Å²) in [6.07, 6.45) is 1.79. The average Bonchev–Trinajstić information content (AvgIpc) is 2.41. The van der Waals surface area contributed by atoms with E-state index in [1.54, 1.807) is 12.1 Å². The van der Waals surface area contributed by atoms with Gasteiger partial charge in [-0.1, -0.05) is 12.1 Å². The fourth-order valence-electron chi connectivity index (χ4n) is 1.78. The SMILES string of the molecule is CC(C)(C)N(Cc1ccc([N+](=O)[O-])cc1)C(=O)/C=C/C(=O)O. The molecular weight excluding hydrogens is 288 g/mol. The summed E-state index contributed by atoms with van der Waals surface area (Å²) in [7, 11) is 0. The summed E-state index contributed by atoms with van der Waals surface area (Å²) in [5.74, 6) is -1.63. The van der Waals surface area contributed by atoms with Crippen molar-refractivity contribution in [1.29, 1.82) is 0 Å². The van der Waals surface area contributed by atoms with Gasteiger partial charge in [-0.2, -0.15) is 0 Å². The van der Waals surface area contributed by atoms with Crippen LogP contribution in [-0.4, -0.2) is 32.3 Å². The molecule has 0 aliphatic rings. The van der Waals surface area contributed by atoms with E-state index in [0.29, 0.717) is 0 Å². The molecule has 1 aromatic rings. The van der Waals surface area contributed by atoms with Crippen LogP contribution in [-0.2, 0) is 16.1 Å². The standard InChI is InChI=1S/C15H18N2O5/c1-15(2,3)16(13(18)8-9-14(19)20)10-11-4-6-12(7-5-11)17(21)22/h4-9H,10H2,1-3H3,(H,19,20)/b9-8+. The Morgan fingerprint density at radius 1 is 1.23 bits per heavy atom. The summed E-state index contributed by atoms with van der Waals surface area (Å²) in [6, 6.07) is 5.89. The van der Waals surface area contributed by atoms with E-state index in [1.165, 1.54) is 17.0 Å². The molecule has 1 N–H and O–H groups in total. The van der Waals surface area contributed by atoms with E-state index in [0.717, 1.165) is 17.7 Å². The van der Waals surface area contributed by atoms with Crippen LogP contribution < -0.4 is 0 Å². The van der Waals surface area contributed by atoms with Crippen LogP contribution in [0.4, 0.5) is 5.69 Å². The first-order valence-corrected chi connectivity index (χ1v) is 6.57. The maximum atomic E-state index is 12.1. The van der Waals surface area contributed by atoms with Gasteiger partial charge in [0, 0.05) is 36.4 Å². The maximum absolute atomic E-state index is 12.1. The van der Waals surface area contributed by atoms with Gasteiger partial charge in [0.05, 0.1) is 4.92 Å². The number of non-ortho nitro benzene ring substituents is 1. The molecule has 0 saturated heterocycles. The molecule has 0 fully saturated rings. The predicted octanol–water partition coefficient (Wildman–Crippen LogP) is 2.36. The van der Waals surface area contributed by atoms with E-state index in [4.69, 9.17) is 5.11 Å². The zero-order valence-corrected chi connectivity index (χ0v) is 12.6. The summed E-state index contributed by atoms with van der Waals surface area (Å²) in [5, 5.41) is 19.2. The van der Waals surface area contributed by atoms with Crippen LogP contribution in [0, 0.1) is 10.1 Å². The number of hydrogen-bond donors (Lipinski definition) is 1. The number of carboxylic acids is 1. The van der Waals surface area contributed by atoms with Gasteiger partial charge in [-0.25, -0.2) is 4.79 Å². The van der Waals surface area contributed by atoms with Crippen molar-refractivity contribution in [3.8, 4) is 0 Å². The minimum Gasteiger partial charge on any atom is -0.478 e. The molecule has 1 aromatic carbocycles. The van der Waals surface area contributed by atoms with Gasteiger partial charge in [0.2, 0.25) is 5.91 Å². The molecule has 0 aromatic heterocycles. The topological polar surface area (TPSA) is 101 Å². The van der Waals surface area contributed by atoms with Crippen LogP contribution in [0.1, 0.15) is 26.3 Å². The van der Waals surface area contributed by atoms with Gasteiger partial charge in [-0.15, -0.1) is 0 Å². The maximum Gasteiger partial charge on any atom is 0.328 e. The Morgan fingerprint density at radius 3 is 2.18 bits per heavy atom. The second-order valence-electron chi connectivity index (χ2n) is 5.69. The number of carbonyl (C=O) groups excluding carboxylic acids is 1. The first-order valence-electron chi connectivity index (χ1n) is 6.57. The Bertz CT molecular complexity index is 599. The van der Waals surface area contributed by atoms with Gasteiger partial charge in [-0.3, -0.25) is 14.9 Å². The van der Waals surface area contributed by atoms with Crippen molar-refractivity contribution in [1.82, 2.24) is 4.90 Å². The van der Waals surface area contributed by atoms with Crippen molar-refractivity contribution in [2.24, 2.45) is 0 Å². The van der Waals surface area contributed by atoms with Crippen molar-refractivity contribution in [2.45, 2.75) is 32.9 Å². The highest BCUT2D eigenvalue weighted by Crippen LogP contribution is 2.20. The van der Waals surface area contributed by atoms with Crippen molar-refractivity contribution >= 4 is 17.6 Å². The Labute approximate surface area is 128 Å². The van der Waals surface area contributed by atoms with Gasteiger partial charge in [0.25, 0.3) is 5.69 Å². The largest absolute Gasteiger partial charge is 0.478 e. The summed E-state index contributed by atoms with van der Waals surface area (Å²) < 4.78 is 0. The number of carbonyl (C=O) groups is 2. The molecule has 0 atom stereocenters. The van der Waals surface area contributed by atoms with Crippen LogP contribution in [0.25, 0.3) is 0 Å². The Hall–Kier alpha value is -2.70. The minimum absolute atomic E-state index is 0.0249. The Balaban J connectivity index is 2.97. The van der Waals surface area contributed by atoms with E-state index < -0.39 is 22.3 Å². The molecule has 7 heteroatoms. The first kappa shape index (κ1) is 17.4. The number of rotatable bonds is 5. The molecule has 0 heterocycles. The van der Waals surface area contributed by atoms with Gasteiger partial charge in [-0.05, 0) is 26.3 Å². The molecular formula is C15H18N2O5. The molecule has 7 nitrogen and oxygen atoms in total. The predicted molar refractivity (Wildman–Crippen MR) is 80.2 cm³/mol. The van der Waals surface area contributed by atoms with E-state index in [1.807, 2.05) is 20.8 Å². The number of carboxylic acid groups (broad SMARTS) is 1. The number of hydrogen-bond acceptors (Lipinski definition) is 4. The lowest BCUT2D eigenvalue weighted by Crippen LogP contribution is -2.44. The Kier molecular flexibility index (Phi) is 5.39. The summed E-state index contributed by atoms with van der Waals surface area (Å²) in [6.45, 7) is 5.70. The van der Waals surface area contributed by atoms with Gasteiger partial charge in [0.15, 0.2) is 0 Å². The Morgan fingerprint density at radius 2 is 1.77 bits per heavy atom. The van der Waals surface area contributed by atoms with Crippen LogP contribution >= 0.6 is 0 Å². The average molecular weight is 306 g/mol. The van der Waals surface area contributed by atoms with Crippen molar-refractivity contribution < 1.29 is 19.6 Å². The van der Waals surface area contributed by atoms with E-state index >= 15 is 0 Å². The molecule has 22 heavy (non-hydrogen) atoms. The van der Waals surface area contributed by atoms with Crippen molar-refractivity contribution in [3.05, 3.63) is 52.1 Å². The quantitative estimate of drug-likeness (QED) is 0.511. The van der Waals surface area contributed by atoms with E-state index in [-0.39, 0.29) is 12.2 Å². The lowest BCUT2D eigenvalue weighted by atomic mass is 10.0. The third kappa shape index (κ3) is 5.01. The van der Waals surface area contributed by atoms with Gasteiger partial charge < -0.3 is 10.0 Å². The first-order chi connectivity index (χ1) is 10.1. The number of nitro groups is 1. The molecule has 0 saturated carbocycles. The second kappa shape index (κ2) is 6.84. The van der Waals surface area contributed by atoms with Crippen LogP contribution in [0.3, 0.4) is 0 Å². The van der Waals surface area contributed by atoms with Crippen LogP contribution in [0.2, 0.25) is 0 Å². The van der Waals surface area contributed by atoms with Gasteiger partial charge >= 0.3 is 5.97 Å². The molecule has 0 aliphatic carbocycles. The number of nitro benzene ring substituents is 1. The fraction of sp³-hybridized carbons (Fsp3) is 0.333. The summed E-state index contributed by atoms with van der Waals surface area (Å²) in [5.41, 5.74) is 0.169. The van der Waals surface area contributed by atoms with Crippen LogP contribution in [0.5, 0.6) is 0 Å². The number of aliphatic carboxylic acids is 1. The smallest absolute Gasteiger partial charge is 0.328 e. The van der Waals surface area contributed by atoms with Crippen LogP contribution in [0.15, 0.2) is 36.4 Å². The third-order valence-electron chi connectivity index (χ3n) is 2.93. The fourth-order valence-corrected chi connectivity index (χ4v) is 1.78. The number of nitrogens with zero attached hydrogens (tertiary/aromatic N) is 2. The summed E-state index contributed by atoms with van der Waals surface area (Å²) >= 11 is 0. The highest BCUT2D eigenvalue weighted by atomic mass is 16.6. The minimum atomic E-state index is -1.20. The number of benzene rings is 1. The van der Waals surface area contributed by atoms with E-state index in [9.17, 15) is 19.7 Å². The second-order valence-corrected chi connectivity index (χ2v) is 5.69. The molecule has 0 radical (unpaired) electrons. The molecule has 1 amide bonds. The number of amides is 1. The molecule has 118 valence electrons. The van der Waals surface area contributed by atoms with Crippen molar-refractivity contribution in [2.75, 3.05) is 0 Å². The highest BCUT2D eigenvalue weighted by molar-refractivity contribution is 5.94. The zero-order valence-electron chi connectivity index (χ0n) is 12.6. The monoisotopic (exact) mass is 306 g/mol. The third-order valence-corrected chi connectivity index (χ3v) is 2.93. The molecule has 0 unspecified atom stereocenters. The van der Waals surface area contributed by atoms with E-state index in [2.05, 4.69) is 0 Å². The normalized spacial score (nSPS) is 11.4.